The number of benzene rings is 1. The Labute approximate surface area is 191 Å². The van der Waals surface area contributed by atoms with Gasteiger partial charge >= 0.3 is 5.97 Å². The van der Waals surface area contributed by atoms with Gasteiger partial charge in [0.2, 0.25) is 0 Å². The highest BCUT2D eigenvalue weighted by Crippen LogP contribution is 2.50. The first-order valence-corrected chi connectivity index (χ1v) is 13.1. The molecule has 1 aromatic rings. The fourth-order valence-corrected chi connectivity index (χ4v) is 5.32. The lowest BCUT2D eigenvalue weighted by Gasteiger charge is -2.18. The molecule has 0 amide bonds. The Kier molecular flexibility index (Phi) is 8.27. The number of unbranched alkanes of at least 4 members (excludes halogenated alkanes) is 6. The topological polar surface area (TPSA) is 37.3 Å². The largest absolute Gasteiger partial charge is 0.481 e. The molecule has 0 unspecified atom stereocenters. The predicted octanol–water partition coefficient (Wildman–Crippen LogP) is 8.26. The van der Waals surface area contributed by atoms with Crippen LogP contribution in [0.5, 0.6) is 0 Å². The number of hydrogen-bond acceptors (Lipinski definition) is 1. The van der Waals surface area contributed by atoms with E-state index in [1.165, 1.54) is 93.7 Å². The monoisotopic (exact) mass is 426 g/mol. The highest BCUT2D eigenvalue weighted by atomic mass is 16.4. The predicted molar refractivity (Wildman–Crippen MR) is 131 cm³/mol. The van der Waals surface area contributed by atoms with Gasteiger partial charge in [-0.15, -0.1) is 0 Å². The van der Waals surface area contributed by atoms with Gasteiger partial charge in [0.15, 0.2) is 0 Å². The van der Waals surface area contributed by atoms with Crippen molar-refractivity contribution in [1.82, 2.24) is 0 Å². The van der Waals surface area contributed by atoms with Gasteiger partial charge in [0.05, 0.1) is 5.41 Å². The van der Waals surface area contributed by atoms with Crippen molar-refractivity contribution in [2.75, 3.05) is 0 Å². The minimum Gasteiger partial charge on any atom is -0.481 e. The summed E-state index contributed by atoms with van der Waals surface area (Å²) in [4.78, 5) is 11.3. The molecule has 1 aromatic carbocycles. The molecule has 0 atom stereocenters. The molecule has 2 heteroatoms. The lowest BCUT2D eigenvalue weighted by atomic mass is 9.88. The first-order valence-electron chi connectivity index (χ1n) is 13.1. The van der Waals surface area contributed by atoms with E-state index in [9.17, 15) is 9.90 Å². The van der Waals surface area contributed by atoms with Crippen molar-refractivity contribution in [2.45, 2.75) is 130 Å². The van der Waals surface area contributed by atoms with Gasteiger partial charge in [-0.25, -0.2) is 0 Å². The van der Waals surface area contributed by atoms with Crippen LogP contribution in [0.2, 0.25) is 0 Å². The second-order valence-corrected chi connectivity index (χ2v) is 11.3. The average molecular weight is 427 g/mol. The molecule has 0 radical (unpaired) electrons. The number of carboxylic acids is 1. The number of aryl methyl sites for hydroxylation is 2. The Bertz CT molecular complexity index is 752. The van der Waals surface area contributed by atoms with E-state index in [2.05, 4.69) is 33.8 Å². The molecular weight excluding hydrogens is 380 g/mol. The third-order valence-corrected chi connectivity index (χ3v) is 8.60. The summed E-state index contributed by atoms with van der Waals surface area (Å²) in [6.07, 6.45) is 19.6. The Hall–Kier alpha value is -1.31. The molecule has 0 spiro atoms. The van der Waals surface area contributed by atoms with E-state index in [1.54, 1.807) is 11.1 Å². The van der Waals surface area contributed by atoms with Gasteiger partial charge in [0, 0.05) is 0 Å². The van der Waals surface area contributed by atoms with Crippen molar-refractivity contribution in [3.05, 3.63) is 33.9 Å². The highest BCUT2D eigenvalue weighted by molar-refractivity contribution is 5.77. The second-order valence-electron chi connectivity index (χ2n) is 11.3. The summed E-state index contributed by atoms with van der Waals surface area (Å²) >= 11 is 0. The molecule has 0 aliphatic heterocycles. The Morgan fingerprint density at radius 3 is 1.97 bits per heavy atom. The maximum Gasteiger partial charge on any atom is 0.309 e. The third-order valence-electron chi connectivity index (χ3n) is 8.60. The molecule has 2 aliphatic carbocycles. The van der Waals surface area contributed by atoms with Gasteiger partial charge in [0.25, 0.3) is 0 Å². The maximum absolute atomic E-state index is 11.3. The molecule has 174 valence electrons. The summed E-state index contributed by atoms with van der Waals surface area (Å²) in [5, 5.41) is 9.32. The van der Waals surface area contributed by atoms with E-state index in [0.717, 1.165) is 25.7 Å². The molecule has 2 nitrogen and oxygen atoms in total. The van der Waals surface area contributed by atoms with Crippen LogP contribution in [0, 0.1) is 31.6 Å². The van der Waals surface area contributed by atoms with Crippen molar-refractivity contribution in [2.24, 2.45) is 10.8 Å². The molecule has 0 aromatic heterocycles. The first kappa shape index (κ1) is 24.3. The standard InChI is InChI=1S/C29H46O2/c1-22-21-25(13-9-5-7-11-15-28(4)17-18-28)26(24(3)23(22)2)14-10-6-8-12-16-29(19-20-29)27(30)31/h21H,5-20H2,1-4H3,(H,30,31). The fourth-order valence-electron chi connectivity index (χ4n) is 5.32. The third kappa shape index (κ3) is 6.83. The van der Waals surface area contributed by atoms with Crippen molar-refractivity contribution in [1.29, 1.82) is 0 Å². The minimum absolute atomic E-state index is 0.339. The number of carbonyl (C=O) groups is 1. The van der Waals surface area contributed by atoms with Gasteiger partial charge < -0.3 is 5.11 Å². The summed E-state index contributed by atoms with van der Waals surface area (Å²) in [5.41, 5.74) is 8.00. The Balaban J connectivity index is 1.41. The van der Waals surface area contributed by atoms with Gasteiger partial charge in [-0.2, -0.15) is 0 Å². The van der Waals surface area contributed by atoms with Crippen LogP contribution in [-0.2, 0) is 17.6 Å². The van der Waals surface area contributed by atoms with Crippen LogP contribution in [-0.4, -0.2) is 11.1 Å². The van der Waals surface area contributed by atoms with E-state index in [0.29, 0.717) is 5.41 Å². The van der Waals surface area contributed by atoms with E-state index in [4.69, 9.17) is 0 Å². The van der Waals surface area contributed by atoms with E-state index in [-0.39, 0.29) is 5.41 Å². The zero-order chi connectivity index (χ0) is 22.5. The zero-order valence-corrected chi connectivity index (χ0v) is 20.7. The molecule has 0 bridgehead atoms. The van der Waals surface area contributed by atoms with Gasteiger partial charge in [-0.05, 0) is 118 Å². The first-order chi connectivity index (χ1) is 14.8. The molecule has 3 rings (SSSR count). The molecule has 2 saturated carbocycles. The SMILES string of the molecule is Cc1cc(CCCCCCC2(C)CC2)c(CCCCCCC2(C(=O)O)CC2)c(C)c1C. The summed E-state index contributed by atoms with van der Waals surface area (Å²) in [6.45, 7) is 9.31. The lowest BCUT2D eigenvalue weighted by Crippen LogP contribution is -2.14. The molecule has 31 heavy (non-hydrogen) atoms. The fraction of sp³-hybridized carbons (Fsp3) is 0.759. The summed E-state index contributed by atoms with van der Waals surface area (Å²) < 4.78 is 0. The van der Waals surface area contributed by atoms with Crippen LogP contribution in [0.25, 0.3) is 0 Å². The van der Waals surface area contributed by atoms with Crippen LogP contribution >= 0.6 is 0 Å². The molecule has 2 aliphatic rings. The summed E-state index contributed by atoms with van der Waals surface area (Å²) in [7, 11) is 0. The minimum atomic E-state index is -0.565. The van der Waals surface area contributed by atoms with Crippen LogP contribution in [0.15, 0.2) is 6.07 Å². The van der Waals surface area contributed by atoms with Crippen LogP contribution < -0.4 is 0 Å². The van der Waals surface area contributed by atoms with Crippen molar-refractivity contribution in [3.8, 4) is 0 Å². The number of carboxylic acid groups (broad SMARTS) is 1. The average Bonchev–Trinajstić information content (AvgIpc) is 3.65. The van der Waals surface area contributed by atoms with E-state index in [1.807, 2.05) is 0 Å². The molecule has 0 heterocycles. The smallest absolute Gasteiger partial charge is 0.309 e. The molecule has 2 fully saturated rings. The van der Waals surface area contributed by atoms with Crippen molar-refractivity contribution >= 4 is 5.97 Å². The van der Waals surface area contributed by atoms with Crippen molar-refractivity contribution < 1.29 is 9.90 Å². The van der Waals surface area contributed by atoms with Gasteiger partial charge in [-0.3, -0.25) is 4.79 Å². The number of rotatable bonds is 15. The normalized spacial score (nSPS) is 18.2. The molecular formula is C29H46O2. The summed E-state index contributed by atoms with van der Waals surface area (Å²) in [5.74, 6) is -0.565. The van der Waals surface area contributed by atoms with E-state index >= 15 is 0 Å². The van der Waals surface area contributed by atoms with Crippen LogP contribution in [0.1, 0.15) is 125 Å². The second kappa shape index (κ2) is 10.5. The Morgan fingerprint density at radius 1 is 0.806 bits per heavy atom. The quantitative estimate of drug-likeness (QED) is 0.287. The summed E-state index contributed by atoms with van der Waals surface area (Å²) in [6, 6.07) is 2.46. The number of hydrogen-bond donors (Lipinski definition) is 1. The lowest BCUT2D eigenvalue weighted by molar-refractivity contribution is -0.143. The Morgan fingerprint density at radius 2 is 1.39 bits per heavy atom. The van der Waals surface area contributed by atoms with Gasteiger partial charge in [0.1, 0.15) is 0 Å². The van der Waals surface area contributed by atoms with Gasteiger partial charge in [-0.1, -0.05) is 51.5 Å². The number of aliphatic carboxylic acids is 1. The maximum atomic E-state index is 11.3. The molecule has 1 N–H and O–H groups in total. The molecule has 0 saturated heterocycles. The van der Waals surface area contributed by atoms with Crippen molar-refractivity contribution in [3.63, 3.8) is 0 Å². The highest BCUT2D eigenvalue weighted by Gasteiger charge is 2.49. The van der Waals surface area contributed by atoms with Crippen LogP contribution in [0.3, 0.4) is 0 Å². The van der Waals surface area contributed by atoms with Crippen LogP contribution in [0.4, 0.5) is 0 Å². The van der Waals surface area contributed by atoms with E-state index < -0.39 is 5.97 Å². The zero-order valence-electron chi connectivity index (χ0n) is 20.7.